The number of nitrogen functional groups attached to an aromatic ring is 1. The molecule has 2 aromatic heterocycles. The van der Waals surface area contributed by atoms with Gasteiger partial charge in [0.15, 0.2) is 5.82 Å². The van der Waals surface area contributed by atoms with Gasteiger partial charge in [0.05, 0.1) is 0 Å². The molecule has 6 heteroatoms. The number of aryl methyl sites for hydroxylation is 2. The molecule has 3 aromatic rings. The molecule has 19 heavy (non-hydrogen) atoms. The first-order valence-electron chi connectivity index (χ1n) is 5.80. The maximum atomic E-state index is 6.03. The quantitative estimate of drug-likeness (QED) is 0.692. The van der Waals surface area contributed by atoms with Crippen LogP contribution < -0.4 is 5.73 Å². The van der Waals surface area contributed by atoms with Crippen molar-refractivity contribution in [1.82, 2.24) is 19.6 Å². The highest BCUT2D eigenvalue weighted by molar-refractivity contribution is 6.31. The van der Waals surface area contributed by atoms with E-state index in [0.29, 0.717) is 22.3 Å². The summed E-state index contributed by atoms with van der Waals surface area (Å²) in [5, 5.41) is 8.85. The number of nitrogens with two attached hydrogens (primary N) is 1. The Bertz CT molecular complexity index is 758. The Hall–Kier alpha value is -2.14. The van der Waals surface area contributed by atoms with Crippen molar-refractivity contribution in [2.24, 2.45) is 0 Å². The highest BCUT2D eigenvalue weighted by Gasteiger charge is 2.12. The zero-order chi connectivity index (χ0) is 13.6. The minimum absolute atomic E-state index is 0.574. The van der Waals surface area contributed by atoms with Crippen LogP contribution >= 0.6 is 11.6 Å². The molecular weight excluding hydrogens is 262 g/mol. The lowest BCUT2D eigenvalue weighted by Crippen LogP contribution is -1.98. The highest BCUT2D eigenvalue weighted by atomic mass is 35.5. The molecule has 0 atom stereocenters. The fourth-order valence-corrected chi connectivity index (χ4v) is 2.40. The molecule has 0 saturated heterocycles. The second-order valence-corrected chi connectivity index (χ2v) is 4.91. The first kappa shape index (κ1) is 11.9. The van der Waals surface area contributed by atoms with E-state index in [4.69, 9.17) is 17.3 Å². The number of fused-ring (bicyclic) bond motifs is 1. The van der Waals surface area contributed by atoms with Gasteiger partial charge in [0, 0.05) is 27.7 Å². The molecule has 1 aromatic carbocycles. The number of rotatable bonds is 1. The van der Waals surface area contributed by atoms with Crippen LogP contribution in [0.15, 0.2) is 24.3 Å². The molecule has 2 N–H and O–H groups in total. The largest absolute Gasteiger partial charge is 0.399 e. The number of hydrogen-bond donors (Lipinski definition) is 1. The van der Waals surface area contributed by atoms with Crippen LogP contribution in [-0.4, -0.2) is 19.6 Å². The maximum Gasteiger partial charge on any atom is 0.255 e. The van der Waals surface area contributed by atoms with Gasteiger partial charge in [-0.2, -0.15) is 0 Å². The van der Waals surface area contributed by atoms with E-state index in [-0.39, 0.29) is 0 Å². The Balaban J connectivity index is 2.31. The SMILES string of the molecule is Cc1cc(C)n2c(-c3cc(N)cc(Cl)c3)nnc2n1. The summed E-state index contributed by atoms with van der Waals surface area (Å²) >= 11 is 6.03. The summed E-state index contributed by atoms with van der Waals surface area (Å²) in [6, 6.07) is 7.31. The average Bonchev–Trinajstić information content (AvgIpc) is 2.71. The van der Waals surface area contributed by atoms with Gasteiger partial charge in [0.2, 0.25) is 0 Å². The Morgan fingerprint density at radius 3 is 2.63 bits per heavy atom. The van der Waals surface area contributed by atoms with Gasteiger partial charge in [-0.25, -0.2) is 4.98 Å². The van der Waals surface area contributed by atoms with Gasteiger partial charge in [-0.05, 0) is 38.1 Å². The van der Waals surface area contributed by atoms with Crippen molar-refractivity contribution < 1.29 is 0 Å². The molecule has 0 aliphatic carbocycles. The standard InChI is InChI=1S/C13H12ClN5/c1-7-3-8(2)19-12(17-18-13(19)16-7)9-4-10(14)6-11(15)5-9/h3-6H,15H2,1-2H3. The predicted molar refractivity (Wildman–Crippen MR) is 75.1 cm³/mol. The van der Waals surface area contributed by atoms with Crippen molar-refractivity contribution in [3.63, 3.8) is 0 Å². The van der Waals surface area contributed by atoms with Gasteiger partial charge in [0.25, 0.3) is 5.78 Å². The summed E-state index contributed by atoms with van der Waals surface area (Å²) in [5.74, 6) is 1.26. The third-order valence-corrected chi connectivity index (χ3v) is 3.09. The topological polar surface area (TPSA) is 69.1 Å². The summed E-state index contributed by atoms with van der Waals surface area (Å²) in [4.78, 5) is 4.35. The smallest absolute Gasteiger partial charge is 0.255 e. The summed E-state index contributed by atoms with van der Waals surface area (Å²) in [6.45, 7) is 3.92. The van der Waals surface area contributed by atoms with Crippen LogP contribution in [-0.2, 0) is 0 Å². The lowest BCUT2D eigenvalue weighted by molar-refractivity contribution is 1.02. The second-order valence-electron chi connectivity index (χ2n) is 4.47. The van der Waals surface area contributed by atoms with Crippen LogP contribution in [0.25, 0.3) is 17.2 Å². The van der Waals surface area contributed by atoms with Crippen LogP contribution in [0.1, 0.15) is 11.4 Å². The van der Waals surface area contributed by atoms with Crippen molar-refractivity contribution in [2.75, 3.05) is 5.73 Å². The van der Waals surface area contributed by atoms with E-state index in [1.165, 1.54) is 0 Å². The fraction of sp³-hybridized carbons (Fsp3) is 0.154. The summed E-state index contributed by atoms with van der Waals surface area (Å²) in [7, 11) is 0. The minimum atomic E-state index is 0.574. The van der Waals surface area contributed by atoms with Crippen molar-refractivity contribution in [3.8, 4) is 11.4 Å². The number of nitrogens with zero attached hydrogens (tertiary/aromatic N) is 4. The zero-order valence-electron chi connectivity index (χ0n) is 10.6. The second kappa shape index (κ2) is 4.20. The van der Waals surface area contributed by atoms with E-state index in [0.717, 1.165) is 17.0 Å². The first-order valence-corrected chi connectivity index (χ1v) is 6.18. The molecule has 0 radical (unpaired) electrons. The third-order valence-electron chi connectivity index (χ3n) is 2.87. The molecule has 0 spiro atoms. The number of benzene rings is 1. The van der Waals surface area contributed by atoms with Gasteiger partial charge in [-0.15, -0.1) is 10.2 Å². The Kier molecular flexibility index (Phi) is 2.64. The predicted octanol–water partition coefficient (Wildman–Crippen LogP) is 2.64. The highest BCUT2D eigenvalue weighted by Crippen LogP contribution is 2.25. The maximum absolute atomic E-state index is 6.03. The monoisotopic (exact) mass is 273 g/mol. The van der Waals surface area contributed by atoms with Crippen molar-refractivity contribution in [3.05, 3.63) is 40.7 Å². The van der Waals surface area contributed by atoms with Crippen molar-refractivity contribution in [2.45, 2.75) is 13.8 Å². The van der Waals surface area contributed by atoms with E-state index in [9.17, 15) is 0 Å². The summed E-state index contributed by atoms with van der Waals surface area (Å²) in [6.07, 6.45) is 0. The van der Waals surface area contributed by atoms with Gasteiger partial charge >= 0.3 is 0 Å². The molecule has 0 unspecified atom stereocenters. The lowest BCUT2D eigenvalue weighted by Gasteiger charge is -2.05. The normalized spacial score (nSPS) is 11.1. The van der Waals surface area contributed by atoms with Crippen LogP contribution in [0.2, 0.25) is 5.02 Å². The average molecular weight is 274 g/mol. The van der Waals surface area contributed by atoms with E-state index in [2.05, 4.69) is 15.2 Å². The molecule has 0 aliphatic rings. The van der Waals surface area contributed by atoms with Crippen LogP contribution in [0, 0.1) is 13.8 Å². The van der Waals surface area contributed by atoms with Gasteiger partial charge < -0.3 is 5.73 Å². The number of aromatic nitrogens is 4. The van der Waals surface area contributed by atoms with Gasteiger partial charge in [-0.1, -0.05) is 11.6 Å². The number of hydrogen-bond acceptors (Lipinski definition) is 4. The third kappa shape index (κ3) is 2.02. The van der Waals surface area contributed by atoms with Crippen molar-refractivity contribution >= 4 is 23.1 Å². The van der Waals surface area contributed by atoms with E-state index >= 15 is 0 Å². The van der Waals surface area contributed by atoms with Crippen LogP contribution in [0.4, 0.5) is 5.69 Å². The number of halogens is 1. The van der Waals surface area contributed by atoms with Gasteiger partial charge in [-0.3, -0.25) is 4.40 Å². The zero-order valence-corrected chi connectivity index (χ0v) is 11.3. The first-order chi connectivity index (χ1) is 9.04. The Labute approximate surface area is 115 Å². The van der Waals surface area contributed by atoms with Crippen LogP contribution in [0.5, 0.6) is 0 Å². The molecule has 0 bridgehead atoms. The molecule has 0 fully saturated rings. The molecule has 96 valence electrons. The van der Waals surface area contributed by atoms with E-state index in [1.807, 2.05) is 36.4 Å². The van der Waals surface area contributed by atoms with E-state index in [1.54, 1.807) is 6.07 Å². The van der Waals surface area contributed by atoms with Gasteiger partial charge in [0.1, 0.15) is 0 Å². The van der Waals surface area contributed by atoms with E-state index < -0.39 is 0 Å². The molecule has 0 aliphatic heterocycles. The lowest BCUT2D eigenvalue weighted by atomic mass is 10.2. The molecule has 5 nitrogen and oxygen atoms in total. The fourth-order valence-electron chi connectivity index (χ4n) is 2.16. The molecular formula is C13H12ClN5. The molecule has 2 heterocycles. The minimum Gasteiger partial charge on any atom is -0.399 e. The number of anilines is 1. The summed E-state index contributed by atoms with van der Waals surface area (Å²) in [5.41, 5.74) is 9.16. The molecule has 3 rings (SSSR count). The Morgan fingerprint density at radius 2 is 1.89 bits per heavy atom. The summed E-state index contributed by atoms with van der Waals surface area (Å²) < 4.78 is 1.89. The van der Waals surface area contributed by atoms with Crippen LogP contribution in [0.3, 0.4) is 0 Å². The molecule has 0 amide bonds. The molecule has 0 saturated carbocycles. The van der Waals surface area contributed by atoms with Crippen molar-refractivity contribution in [1.29, 1.82) is 0 Å². The Morgan fingerprint density at radius 1 is 1.11 bits per heavy atom.